The maximum Gasteiger partial charge on any atom is 0.307 e. The molecule has 1 aromatic rings. The molecule has 1 aromatic heterocycles. The zero-order chi connectivity index (χ0) is 15.6. The molecule has 0 aromatic carbocycles. The van der Waals surface area contributed by atoms with Crippen LogP contribution < -0.4 is 5.32 Å². The SMILES string of the molecule is CC1C(Nc2nccc(C#N)n2)CCC(C(=O)O)C1(C)C. The number of rotatable bonds is 3. The van der Waals surface area contributed by atoms with Crippen LogP contribution in [0.5, 0.6) is 0 Å². The van der Waals surface area contributed by atoms with E-state index in [9.17, 15) is 9.90 Å². The van der Waals surface area contributed by atoms with Gasteiger partial charge < -0.3 is 10.4 Å². The van der Waals surface area contributed by atoms with E-state index in [0.717, 1.165) is 6.42 Å². The first-order chi connectivity index (χ1) is 9.86. The molecule has 3 atom stereocenters. The molecule has 3 unspecified atom stereocenters. The summed E-state index contributed by atoms with van der Waals surface area (Å²) in [5.41, 5.74) is 0.00726. The Morgan fingerprint density at radius 3 is 2.86 bits per heavy atom. The lowest BCUT2D eigenvalue weighted by molar-refractivity contribution is -0.149. The number of nitrogens with zero attached hydrogens (tertiary/aromatic N) is 3. The predicted octanol–water partition coefficient (Wildman–Crippen LogP) is 2.29. The molecule has 0 spiro atoms. The molecule has 0 bridgehead atoms. The average molecular weight is 288 g/mol. The van der Waals surface area contributed by atoms with Crippen molar-refractivity contribution in [1.82, 2.24) is 9.97 Å². The van der Waals surface area contributed by atoms with Crippen LogP contribution in [-0.4, -0.2) is 27.1 Å². The number of nitrogens with one attached hydrogen (secondary N) is 1. The van der Waals surface area contributed by atoms with Crippen LogP contribution in [0.2, 0.25) is 0 Å². The van der Waals surface area contributed by atoms with Crippen molar-refractivity contribution in [2.45, 2.75) is 39.7 Å². The molecule has 1 fully saturated rings. The van der Waals surface area contributed by atoms with Crippen molar-refractivity contribution in [2.24, 2.45) is 17.3 Å². The topological polar surface area (TPSA) is 98.9 Å². The summed E-state index contributed by atoms with van der Waals surface area (Å²) in [5, 5.41) is 21.5. The second kappa shape index (κ2) is 5.68. The van der Waals surface area contributed by atoms with Crippen LogP contribution in [0.15, 0.2) is 12.3 Å². The van der Waals surface area contributed by atoms with Gasteiger partial charge in [0.2, 0.25) is 5.95 Å². The molecule has 1 heterocycles. The molecule has 0 aliphatic heterocycles. The van der Waals surface area contributed by atoms with Crippen molar-refractivity contribution in [2.75, 3.05) is 5.32 Å². The first-order valence-electron chi connectivity index (χ1n) is 7.08. The van der Waals surface area contributed by atoms with Gasteiger partial charge in [-0.3, -0.25) is 4.79 Å². The normalized spacial score (nSPS) is 27.6. The van der Waals surface area contributed by atoms with E-state index >= 15 is 0 Å². The summed E-state index contributed by atoms with van der Waals surface area (Å²) in [6.45, 7) is 6.05. The molecule has 6 nitrogen and oxygen atoms in total. The highest BCUT2D eigenvalue weighted by Crippen LogP contribution is 2.45. The van der Waals surface area contributed by atoms with Crippen LogP contribution in [0.25, 0.3) is 0 Å². The smallest absolute Gasteiger partial charge is 0.307 e. The number of anilines is 1. The van der Waals surface area contributed by atoms with Gasteiger partial charge in [-0.25, -0.2) is 9.97 Å². The summed E-state index contributed by atoms with van der Waals surface area (Å²) < 4.78 is 0. The summed E-state index contributed by atoms with van der Waals surface area (Å²) in [6.07, 6.45) is 2.93. The number of nitriles is 1. The Hall–Kier alpha value is -2.16. The van der Waals surface area contributed by atoms with Crippen molar-refractivity contribution in [3.05, 3.63) is 18.0 Å². The lowest BCUT2D eigenvalue weighted by Crippen LogP contribution is -2.48. The molecule has 0 radical (unpaired) electrons. The minimum Gasteiger partial charge on any atom is -0.481 e. The molecule has 21 heavy (non-hydrogen) atoms. The minimum atomic E-state index is -0.729. The Bertz CT molecular complexity index is 579. The van der Waals surface area contributed by atoms with Crippen molar-refractivity contribution >= 4 is 11.9 Å². The summed E-state index contributed by atoms with van der Waals surface area (Å²) in [4.78, 5) is 19.6. The average Bonchev–Trinajstić information content (AvgIpc) is 2.44. The molecule has 0 amide bonds. The number of hydrogen-bond donors (Lipinski definition) is 2. The van der Waals surface area contributed by atoms with Crippen LogP contribution in [0.3, 0.4) is 0 Å². The number of aromatic nitrogens is 2. The number of carboxylic acid groups (broad SMARTS) is 1. The fourth-order valence-corrected chi connectivity index (χ4v) is 3.10. The number of carbonyl (C=O) groups is 1. The molecule has 0 saturated heterocycles. The zero-order valence-corrected chi connectivity index (χ0v) is 12.5. The van der Waals surface area contributed by atoms with E-state index in [1.807, 2.05) is 19.9 Å². The van der Waals surface area contributed by atoms with E-state index in [4.69, 9.17) is 5.26 Å². The Morgan fingerprint density at radius 2 is 2.24 bits per heavy atom. The highest BCUT2D eigenvalue weighted by atomic mass is 16.4. The van der Waals surface area contributed by atoms with Crippen molar-refractivity contribution < 1.29 is 9.90 Å². The van der Waals surface area contributed by atoms with Gasteiger partial charge in [0, 0.05) is 12.2 Å². The molecular weight excluding hydrogens is 268 g/mol. The van der Waals surface area contributed by atoms with Crippen molar-refractivity contribution in [1.29, 1.82) is 5.26 Å². The Morgan fingerprint density at radius 1 is 1.52 bits per heavy atom. The Labute approximate surface area is 124 Å². The van der Waals surface area contributed by atoms with Gasteiger partial charge >= 0.3 is 5.97 Å². The summed E-state index contributed by atoms with van der Waals surface area (Å²) in [6, 6.07) is 3.64. The first kappa shape index (κ1) is 15.2. The van der Waals surface area contributed by atoms with E-state index in [1.165, 1.54) is 0 Å². The first-order valence-corrected chi connectivity index (χ1v) is 7.08. The summed E-state index contributed by atoms with van der Waals surface area (Å²) in [7, 11) is 0. The van der Waals surface area contributed by atoms with E-state index < -0.39 is 5.97 Å². The van der Waals surface area contributed by atoms with E-state index in [2.05, 4.69) is 22.2 Å². The number of carboxylic acids is 1. The molecule has 112 valence electrons. The third kappa shape index (κ3) is 2.97. The van der Waals surface area contributed by atoms with Crippen molar-refractivity contribution in [3.8, 4) is 6.07 Å². The molecular formula is C15H20N4O2. The predicted molar refractivity (Wildman–Crippen MR) is 77.5 cm³/mol. The largest absolute Gasteiger partial charge is 0.481 e. The summed E-state index contributed by atoms with van der Waals surface area (Å²) in [5.74, 6) is -0.484. The fraction of sp³-hybridized carbons (Fsp3) is 0.600. The minimum absolute atomic E-state index is 0.101. The molecule has 1 aliphatic rings. The molecule has 1 saturated carbocycles. The van der Waals surface area contributed by atoms with Crippen LogP contribution in [0.1, 0.15) is 39.3 Å². The maximum atomic E-state index is 11.4. The van der Waals surface area contributed by atoms with Gasteiger partial charge in [0.15, 0.2) is 0 Å². The van der Waals surface area contributed by atoms with E-state index in [0.29, 0.717) is 18.1 Å². The monoisotopic (exact) mass is 288 g/mol. The lowest BCUT2D eigenvalue weighted by atomic mass is 9.61. The van der Waals surface area contributed by atoms with E-state index in [-0.39, 0.29) is 23.3 Å². The van der Waals surface area contributed by atoms with Gasteiger partial charge in [-0.05, 0) is 30.2 Å². The highest BCUT2D eigenvalue weighted by molar-refractivity contribution is 5.71. The van der Waals surface area contributed by atoms with Gasteiger partial charge in [-0.15, -0.1) is 0 Å². The van der Waals surface area contributed by atoms with Crippen LogP contribution in [0.4, 0.5) is 5.95 Å². The van der Waals surface area contributed by atoms with Crippen LogP contribution >= 0.6 is 0 Å². The maximum absolute atomic E-state index is 11.4. The van der Waals surface area contributed by atoms with Gasteiger partial charge in [0.25, 0.3) is 0 Å². The van der Waals surface area contributed by atoms with Crippen LogP contribution in [0, 0.1) is 28.6 Å². The molecule has 2 N–H and O–H groups in total. The van der Waals surface area contributed by atoms with Gasteiger partial charge in [0.05, 0.1) is 5.92 Å². The third-order valence-electron chi connectivity index (χ3n) is 4.82. The van der Waals surface area contributed by atoms with Gasteiger partial charge in [-0.1, -0.05) is 20.8 Å². The quantitative estimate of drug-likeness (QED) is 0.885. The molecule has 6 heteroatoms. The fourth-order valence-electron chi connectivity index (χ4n) is 3.10. The van der Waals surface area contributed by atoms with E-state index in [1.54, 1.807) is 12.3 Å². The molecule has 1 aliphatic carbocycles. The molecule has 2 rings (SSSR count). The second-order valence-corrected chi connectivity index (χ2v) is 6.21. The standard InChI is InChI=1S/C15H20N4O2/c1-9-12(5-4-11(13(20)21)15(9,2)3)19-14-17-7-6-10(8-16)18-14/h6-7,9,11-12H,4-5H2,1-3H3,(H,20,21)(H,17,18,19). The van der Waals surface area contributed by atoms with Crippen LogP contribution in [-0.2, 0) is 4.79 Å². The van der Waals surface area contributed by atoms with Gasteiger partial charge in [-0.2, -0.15) is 5.26 Å². The number of aliphatic carboxylic acids is 1. The Kier molecular flexibility index (Phi) is 4.12. The zero-order valence-electron chi connectivity index (χ0n) is 12.5. The Balaban J connectivity index is 2.15. The number of hydrogen-bond acceptors (Lipinski definition) is 5. The highest BCUT2D eigenvalue weighted by Gasteiger charge is 2.46. The third-order valence-corrected chi connectivity index (χ3v) is 4.82. The lowest BCUT2D eigenvalue weighted by Gasteiger charge is -2.46. The second-order valence-electron chi connectivity index (χ2n) is 6.21. The van der Waals surface area contributed by atoms with Crippen molar-refractivity contribution in [3.63, 3.8) is 0 Å². The summed E-state index contributed by atoms with van der Waals surface area (Å²) >= 11 is 0. The van der Waals surface area contributed by atoms with Gasteiger partial charge in [0.1, 0.15) is 11.8 Å².